The molecule has 0 aliphatic carbocycles. The van der Waals surface area contributed by atoms with Crippen LogP contribution in [0.1, 0.15) is 44.6 Å². The number of nitrogens with one attached hydrogen (secondary N) is 1. The van der Waals surface area contributed by atoms with Gasteiger partial charge >= 0.3 is 0 Å². The fourth-order valence-electron chi connectivity index (χ4n) is 3.07. The zero-order chi connectivity index (χ0) is 20.6. The van der Waals surface area contributed by atoms with E-state index in [1.807, 2.05) is 68.4 Å². The van der Waals surface area contributed by atoms with E-state index in [-0.39, 0.29) is 23.2 Å². The monoisotopic (exact) mass is 387 g/mol. The highest BCUT2D eigenvalue weighted by atomic mass is 16.2. The number of hydrogen-bond donors (Lipinski definition) is 1. The number of carbonyl (C=O) groups excluding carboxylic acids is 2. The molecule has 1 heterocycles. The quantitative estimate of drug-likeness (QED) is 0.667. The second-order valence-electron chi connectivity index (χ2n) is 6.88. The summed E-state index contributed by atoms with van der Waals surface area (Å²) in [6, 6.07) is 22.7. The predicted molar refractivity (Wildman–Crippen MR) is 113 cm³/mol. The number of benzene rings is 2. The average Bonchev–Trinajstić information content (AvgIpc) is 2.76. The van der Waals surface area contributed by atoms with E-state index >= 15 is 0 Å². The number of hydrogen-bond acceptors (Lipinski definition) is 3. The van der Waals surface area contributed by atoms with E-state index in [1.54, 1.807) is 23.1 Å². The molecule has 0 spiro atoms. The summed E-state index contributed by atoms with van der Waals surface area (Å²) < 4.78 is 0. The van der Waals surface area contributed by atoms with Crippen molar-refractivity contribution in [2.45, 2.75) is 26.9 Å². The first-order valence-electron chi connectivity index (χ1n) is 9.71. The van der Waals surface area contributed by atoms with Gasteiger partial charge in [0.05, 0.1) is 0 Å². The number of carbonyl (C=O) groups is 2. The van der Waals surface area contributed by atoms with Crippen LogP contribution in [0.2, 0.25) is 0 Å². The van der Waals surface area contributed by atoms with E-state index in [2.05, 4.69) is 10.3 Å². The summed E-state index contributed by atoms with van der Waals surface area (Å²) >= 11 is 0. The van der Waals surface area contributed by atoms with E-state index < -0.39 is 0 Å². The van der Waals surface area contributed by atoms with Gasteiger partial charge in [-0.3, -0.25) is 9.59 Å². The van der Waals surface area contributed by atoms with E-state index in [9.17, 15) is 9.59 Å². The summed E-state index contributed by atoms with van der Waals surface area (Å²) in [6.45, 7) is 5.41. The topological polar surface area (TPSA) is 62.3 Å². The Balaban J connectivity index is 1.68. The number of nitrogens with zero attached hydrogens (tertiary/aromatic N) is 2. The van der Waals surface area contributed by atoms with E-state index in [0.29, 0.717) is 19.6 Å². The highest BCUT2D eigenvalue weighted by Gasteiger charge is 2.18. The van der Waals surface area contributed by atoms with Crippen LogP contribution in [0, 0.1) is 6.92 Å². The number of pyridine rings is 1. The molecule has 29 heavy (non-hydrogen) atoms. The molecule has 3 rings (SSSR count). The second-order valence-corrected chi connectivity index (χ2v) is 6.88. The molecular formula is C24H25N3O2. The SMILES string of the molecule is CCN(Cc1ccccc1)C(=O)c1cccc(C(=O)NCc2cccc(C)c2)n1. The van der Waals surface area contributed by atoms with Crippen LogP contribution in [-0.4, -0.2) is 28.2 Å². The Bertz CT molecular complexity index is 986. The van der Waals surface area contributed by atoms with Crippen molar-refractivity contribution < 1.29 is 9.59 Å². The third-order valence-corrected chi connectivity index (χ3v) is 4.62. The number of aryl methyl sites for hydroxylation is 1. The van der Waals surface area contributed by atoms with Gasteiger partial charge in [-0.1, -0.05) is 66.2 Å². The lowest BCUT2D eigenvalue weighted by atomic mass is 10.1. The maximum atomic E-state index is 12.9. The summed E-state index contributed by atoms with van der Waals surface area (Å²) in [5, 5.41) is 2.87. The maximum Gasteiger partial charge on any atom is 0.272 e. The van der Waals surface area contributed by atoms with Crippen molar-refractivity contribution in [2.24, 2.45) is 0 Å². The van der Waals surface area contributed by atoms with Crippen LogP contribution in [-0.2, 0) is 13.1 Å². The van der Waals surface area contributed by atoms with Gasteiger partial charge in [0.25, 0.3) is 11.8 Å². The summed E-state index contributed by atoms with van der Waals surface area (Å²) in [7, 11) is 0. The second kappa shape index (κ2) is 9.64. The molecule has 0 unspecified atom stereocenters. The minimum absolute atomic E-state index is 0.190. The van der Waals surface area contributed by atoms with Crippen LogP contribution >= 0.6 is 0 Å². The molecule has 0 saturated carbocycles. The molecule has 3 aromatic rings. The van der Waals surface area contributed by atoms with E-state index in [4.69, 9.17) is 0 Å². The normalized spacial score (nSPS) is 10.4. The molecule has 5 heteroatoms. The summed E-state index contributed by atoms with van der Waals surface area (Å²) in [6.07, 6.45) is 0. The Morgan fingerprint density at radius 2 is 1.59 bits per heavy atom. The molecule has 0 bridgehead atoms. The molecule has 2 aromatic carbocycles. The number of amides is 2. The summed E-state index contributed by atoms with van der Waals surface area (Å²) in [5.41, 5.74) is 3.71. The molecular weight excluding hydrogens is 362 g/mol. The summed E-state index contributed by atoms with van der Waals surface area (Å²) in [5.74, 6) is -0.489. The molecule has 0 saturated heterocycles. The van der Waals surface area contributed by atoms with Gasteiger partial charge in [0.2, 0.25) is 0 Å². The van der Waals surface area contributed by atoms with Crippen molar-refractivity contribution in [1.82, 2.24) is 15.2 Å². The van der Waals surface area contributed by atoms with Crippen LogP contribution in [0.5, 0.6) is 0 Å². The molecule has 0 radical (unpaired) electrons. The Labute approximate surface area is 171 Å². The van der Waals surface area contributed by atoms with Crippen LogP contribution in [0.25, 0.3) is 0 Å². The van der Waals surface area contributed by atoms with Gasteiger partial charge in [0, 0.05) is 19.6 Å². The van der Waals surface area contributed by atoms with Crippen molar-refractivity contribution in [3.05, 3.63) is 101 Å². The first-order valence-corrected chi connectivity index (χ1v) is 9.71. The van der Waals surface area contributed by atoms with Gasteiger partial charge in [-0.05, 0) is 37.1 Å². The predicted octanol–water partition coefficient (Wildman–Crippen LogP) is 3.98. The van der Waals surface area contributed by atoms with Crippen LogP contribution < -0.4 is 5.32 Å². The van der Waals surface area contributed by atoms with Gasteiger partial charge in [0.15, 0.2) is 0 Å². The fraction of sp³-hybridized carbons (Fsp3) is 0.208. The zero-order valence-corrected chi connectivity index (χ0v) is 16.8. The molecule has 1 aromatic heterocycles. The van der Waals surface area contributed by atoms with Crippen molar-refractivity contribution in [3.63, 3.8) is 0 Å². The number of aromatic nitrogens is 1. The Morgan fingerprint density at radius 3 is 2.31 bits per heavy atom. The van der Waals surface area contributed by atoms with Gasteiger partial charge in [-0.25, -0.2) is 4.98 Å². The molecule has 0 aliphatic rings. The zero-order valence-electron chi connectivity index (χ0n) is 16.8. The molecule has 0 aliphatic heterocycles. The van der Waals surface area contributed by atoms with Crippen LogP contribution in [0.3, 0.4) is 0 Å². The molecule has 148 valence electrons. The van der Waals surface area contributed by atoms with Crippen molar-refractivity contribution in [3.8, 4) is 0 Å². The third kappa shape index (κ3) is 5.51. The first-order chi connectivity index (χ1) is 14.1. The molecule has 5 nitrogen and oxygen atoms in total. The third-order valence-electron chi connectivity index (χ3n) is 4.62. The minimum Gasteiger partial charge on any atom is -0.347 e. The Morgan fingerprint density at radius 1 is 0.897 bits per heavy atom. The maximum absolute atomic E-state index is 12.9. The average molecular weight is 387 g/mol. The fourth-order valence-corrected chi connectivity index (χ4v) is 3.07. The van der Waals surface area contributed by atoms with Gasteiger partial charge in [-0.15, -0.1) is 0 Å². The molecule has 0 fully saturated rings. The van der Waals surface area contributed by atoms with Crippen LogP contribution in [0.4, 0.5) is 0 Å². The highest BCUT2D eigenvalue weighted by Crippen LogP contribution is 2.10. The highest BCUT2D eigenvalue weighted by molar-refractivity contribution is 5.96. The lowest BCUT2D eigenvalue weighted by Crippen LogP contribution is -2.32. The van der Waals surface area contributed by atoms with Gasteiger partial charge < -0.3 is 10.2 Å². The van der Waals surface area contributed by atoms with Crippen LogP contribution in [0.15, 0.2) is 72.8 Å². The minimum atomic E-state index is -0.299. The molecule has 0 atom stereocenters. The van der Waals surface area contributed by atoms with Crippen molar-refractivity contribution in [1.29, 1.82) is 0 Å². The van der Waals surface area contributed by atoms with Crippen molar-refractivity contribution >= 4 is 11.8 Å². The Kier molecular flexibility index (Phi) is 6.74. The first kappa shape index (κ1) is 20.3. The molecule has 2 amide bonds. The van der Waals surface area contributed by atoms with Gasteiger partial charge in [0.1, 0.15) is 11.4 Å². The lowest BCUT2D eigenvalue weighted by Gasteiger charge is -2.20. The lowest BCUT2D eigenvalue weighted by molar-refractivity contribution is 0.0746. The van der Waals surface area contributed by atoms with E-state index in [0.717, 1.165) is 16.7 Å². The standard InChI is InChI=1S/C24H25N3O2/c1-3-27(17-19-10-5-4-6-11-19)24(29)22-14-8-13-21(26-22)23(28)25-16-20-12-7-9-18(2)15-20/h4-15H,3,16-17H2,1-2H3,(H,25,28). The Hall–Kier alpha value is -3.47. The van der Waals surface area contributed by atoms with Gasteiger partial charge in [-0.2, -0.15) is 0 Å². The smallest absolute Gasteiger partial charge is 0.272 e. The summed E-state index contributed by atoms with van der Waals surface area (Å²) in [4.78, 5) is 31.4. The molecule has 1 N–H and O–H groups in total. The van der Waals surface area contributed by atoms with Crippen molar-refractivity contribution in [2.75, 3.05) is 6.54 Å². The van der Waals surface area contributed by atoms with E-state index in [1.165, 1.54) is 0 Å². The largest absolute Gasteiger partial charge is 0.347 e. The number of rotatable bonds is 7.